The number of ether oxygens (including phenoxy) is 1. The minimum atomic E-state index is -0.691. The van der Waals surface area contributed by atoms with Crippen molar-refractivity contribution in [3.63, 3.8) is 0 Å². The van der Waals surface area contributed by atoms with Crippen LogP contribution in [0.5, 0.6) is 6.01 Å². The van der Waals surface area contributed by atoms with Crippen molar-refractivity contribution in [1.82, 2.24) is 19.9 Å². The molecule has 0 bridgehead atoms. The van der Waals surface area contributed by atoms with Gasteiger partial charge in [-0.05, 0) is 17.5 Å². The summed E-state index contributed by atoms with van der Waals surface area (Å²) in [7, 11) is 1.42. The van der Waals surface area contributed by atoms with Gasteiger partial charge in [-0.25, -0.2) is 8.78 Å². The average molecular weight is 510 g/mol. The van der Waals surface area contributed by atoms with Gasteiger partial charge in [0.15, 0.2) is 5.82 Å². The molecule has 184 valence electrons. The quantitative estimate of drug-likeness (QED) is 0.359. The summed E-state index contributed by atoms with van der Waals surface area (Å²) in [5.41, 5.74) is 0.767. The molecule has 0 unspecified atom stereocenters. The van der Waals surface area contributed by atoms with Gasteiger partial charge in [0, 0.05) is 54.4 Å². The van der Waals surface area contributed by atoms with Gasteiger partial charge in [-0.15, -0.1) is 0 Å². The van der Waals surface area contributed by atoms with Crippen molar-refractivity contribution in [3.05, 3.63) is 65.6 Å². The molecule has 0 aliphatic carbocycles. The lowest BCUT2D eigenvalue weighted by Crippen LogP contribution is -2.48. The first-order chi connectivity index (χ1) is 17.5. The highest BCUT2D eigenvalue weighted by Crippen LogP contribution is 2.37. The first-order valence-corrected chi connectivity index (χ1v) is 11.7. The lowest BCUT2D eigenvalue weighted by Gasteiger charge is -2.35. The zero-order valence-corrected chi connectivity index (χ0v) is 20.2. The van der Waals surface area contributed by atoms with Gasteiger partial charge in [0.1, 0.15) is 23.7 Å². The summed E-state index contributed by atoms with van der Waals surface area (Å²) in [6, 6.07) is 11.0. The summed E-state index contributed by atoms with van der Waals surface area (Å²) < 4.78 is 33.6. The maximum Gasteiger partial charge on any atom is 0.318 e. The van der Waals surface area contributed by atoms with Crippen LogP contribution in [0.1, 0.15) is 0 Å². The van der Waals surface area contributed by atoms with E-state index in [1.165, 1.54) is 19.3 Å². The number of nitrogens with zero attached hydrogens (tertiary/aromatic N) is 5. The van der Waals surface area contributed by atoms with Crippen LogP contribution in [-0.4, -0.2) is 65.7 Å². The van der Waals surface area contributed by atoms with Crippen molar-refractivity contribution in [2.75, 3.05) is 44.9 Å². The fourth-order valence-corrected chi connectivity index (χ4v) is 4.71. The Labute approximate surface area is 211 Å². The van der Waals surface area contributed by atoms with Crippen molar-refractivity contribution < 1.29 is 18.3 Å². The number of hydrogen-bond acceptors (Lipinski definition) is 6. The molecule has 0 spiro atoms. The molecule has 1 saturated heterocycles. The summed E-state index contributed by atoms with van der Waals surface area (Å²) in [5.74, 6) is -0.382. The molecule has 7 nitrogen and oxygen atoms in total. The van der Waals surface area contributed by atoms with E-state index >= 15 is 4.39 Å². The fourth-order valence-electron chi connectivity index (χ4n) is 4.42. The number of carbonyl (C=O) groups is 1. The molecule has 0 saturated carbocycles. The number of alkyl halides is 1. The highest BCUT2D eigenvalue weighted by atomic mass is 35.5. The molecule has 1 aliphatic heterocycles. The van der Waals surface area contributed by atoms with Gasteiger partial charge in [-0.3, -0.25) is 9.78 Å². The predicted molar refractivity (Wildman–Crippen MR) is 136 cm³/mol. The number of carbonyl (C=O) groups excluding carboxylic acids is 1. The number of piperazine rings is 1. The molecule has 36 heavy (non-hydrogen) atoms. The lowest BCUT2D eigenvalue weighted by atomic mass is 10.0. The molecular weight excluding hydrogens is 488 g/mol. The molecule has 1 fully saturated rings. The number of rotatable bonds is 5. The van der Waals surface area contributed by atoms with Crippen LogP contribution in [0.2, 0.25) is 5.02 Å². The standard InChI is InChI=1S/C26H22ClF2N5O2/c1-36-26-31-24-18(25(32-26)34-13-11-33(12-14-34)20(35)9-4-10-28)15-30-23(22(24)29)17-7-2-5-16-6-3-8-19(27)21(16)17/h2-9,15H,10-14H2,1H3/b9-4+. The molecule has 10 heteroatoms. The summed E-state index contributed by atoms with van der Waals surface area (Å²) in [6.45, 7) is 1.03. The second kappa shape index (κ2) is 10.0. The molecule has 0 N–H and O–H groups in total. The Morgan fingerprint density at radius 2 is 1.89 bits per heavy atom. The number of aromatic nitrogens is 3. The SMILES string of the molecule is COc1nc(N2CCN(C(=O)/C=C/CF)CC2)c2cnc(-c3cccc4cccc(Cl)c34)c(F)c2n1. The summed E-state index contributed by atoms with van der Waals surface area (Å²) in [4.78, 5) is 29.0. The zero-order chi connectivity index (χ0) is 25.2. The van der Waals surface area contributed by atoms with Gasteiger partial charge in [-0.2, -0.15) is 9.97 Å². The maximum absolute atomic E-state index is 16.0. The first kappa shape index (κ1) is 23.9. The van der Waals surface area contributed by atoms with E-state index in [4.69, 9.17) is 16.3 Å². The highest BCUT2D eigenvalue weighted by molar-refractivity contribution is 6.36. The Balaban J connectivity index is 1.56. The van der Waals surface area contributed by atoms with Gasteiger partial charge in [0.25, 0.3) is 0 Å². The number of hydrogen-bond donors (Lipinski definition) is 0. The van der Waals surface area contributed by atoms with Crippen LogP contribution in [0.3, 0.4) is 0 Å². The lowest BCUT2D eigenvalue weighted by molar-refractivity contribution is -0.126. The Hall–Kier alpha value is -3.85. The van der Waals surface area contributed by atoms with Gasteiger partial charge >= 0.3 is 6.01 Å². The molecule has 2 aromatic carbocycles. The van der Waals surface area contributed by atoms with E-state index < -0.39 is 12.5 Å². The third kappa shape index (κ3) is 4.30. The molecule has 4 aromatic rings. The van der Waals surface area contributed by atoms with Crippen LogP contribution < -0.4 is 9.64 Å². The number of halogens is 3. The van der Waals surface area contributed by atoms with Crippen LogP contribution in [-0.2, 0) is 4.79 Å². The normalized spacial score (nSPS) is 14.2. The van der Waals surface area contributed by atoms with Crippen LogP contribution in [0, 0.1) is 5.82 Å². The number of fused-ring (bicyclic) bond motifs is 2. The fraction of sp³-hybridized carbons (Fsp3) is 0.231. The van der Waals surface area contributed by atoms with E-state index in [0.29, 0.717) is 53.4 Å². The third-order valence-corrected chi connectivity index (χ3v) is 6.49. The van der Waals surface area contributed by atoms with E-state index in [1.807, 2.05) is 29.2 Å². The van der Waals surface area contributed by atoms with Gasteiger partial charge < -0.3 is 14.5 Å². The van der Waals surface area contributed by atoms with Gasteiger partial charge in [0.2, 0.25) is 5.91 Å². The van der Waals surface area contributed by atoms with E-state index in [2.05, 4.69) is 15.0 Å². The Bertz CT molecular complexity index is 1480. The van der Waals surface area contributed by atoms with Crippen molar-refractivity contribution in [2.24, 2.45) is 0 Å². The van der Waals surface area contributed by atoms with Crippen LogP contribution in [0.15, 0.2) is 54.7 Å². The molecular formula is C26H22ClF2N5O2. The first-order valence-electron chi connectivity index (χ1n) is 11.4. The molecule has 0 radical (unpaired) electrons. The van der Waals surface area contributed by atoms with E-state index in [9.17, 15) is 9.18 Å². The number of pyridine rings is 1. The van der Waals surface area contributed by atoms with Crippen LogP contribution in [0.25, 0.3) is 32.9 Å². The maximum atomic E-state index is 16.0. The Morgan fingerprint density at radius 3 is 2.61 bits per heavy atom. The largest absolute Gasteiger partial charge is 0.467 e. The Morgan fingerprint density at radius 1 is 1.14 bits per heavy atom. The third-order valence-electron chi connectivity index (χ3n) is 6.18. The molecule has 5 rings (SSSR count). The Kier molecular flexibility index (Phi) is 6.65. The second-order valence-corrected chi connectivity index (χ2v) is 8.64. The summed E-state index contributed by atoms with van der Waals surface area (Å²) in [6.07, 6.45) is 3.98. The smallest absolute Gasteiger partial charge is 0.318 e. The van der Waals surface area contributed by atoms with E-state index in [1.54, 1.807) is 23.2 Å². The van der Waals surface area contributed by atoms with Crippen molar-refractivity contribution in [3.8, 4) is 17.3 Å². The van der Waals surface area contributed by atoms with Gasteiger partial charge in [0.05, 0.1) is 12.5 Å². The minimum Gasteiger partial charge on any atom is -0.467 e. The molecule has 1 aliphatic rings. The van der Waals surface area contributed by atoms with E-state index in [0.717, 1.165) is 5.39 Å². The monoisotopic (exact) mass is 509 g/mol. The van der Waals surface area contributed by atoms with Crippen molar-refractivity contribution in [1.29, 1.82) is 0 Å². The summed E-state index contributed by atoms with van der Waals surface area (Å²) >= 11 is 6.47. The van der Waals surface area contributed by atoms with E-state index in [-0.39, 0.29) is 23.1 Å². The second-order valence-electron chi connectivity index (χ2n) is 8.23. The molecule has 0 atom stereocenters. The summed E-state index contributed by atoms with van der Waals surface area (Å²) in [5, 5.41) is 2.51. The number of anilines is 1. The van der Waals surface area contributed by atoms with Crippen molar-refractivity contribution in [2.45, 2.75) is 0 Å². The molecule has 3 heterocycles. The minimum absolute atomic E-state index is 0.0221. The highest BCUT2D eigenvalue weighted by Gasteiger charge is 2.25. The number of methoxy groups -OCH3 is 1. The molecule has 2 aromatic heterocycles. The molecule has 1 amide bonds. The number of benzene rings is 2. The predicted octanol–water partition coefficient (Wildman–Crippen LogP) is 4.82. The number of allylic oxidation sites excluding steroid dienone is 1. The van der Waals surface area contributed by atoms with Crippen LogP contribution >= 0.6 is 11.6 Å². The van der Waals surface area contributed by atoms with Crippen molar-refractivity contribution >= 4 is 45.0 Å². The topological polar surface area (TPSA) is 71.5 Å². The number of amides is 1. The van der Waals surface area contributed by atoms with Gasteiger partial charge in [-0.1, -0.05) is 41.9 Å². The average Bonchev–Trinajstić information content (AvgIpc) is 2.91. The van der Waals surface area contributed by atoms with Crippen LogP contribution in [0.4, 0.5) is 14.6 Å². The zero-order valence-electron chi connectivity index (χ0n) is 19.4.